The lowest BCUT2D eigenvalue weighted by Gasteiger charge is -2.16. The summed E-state index contributed by atoms with van der Waals surface area (Å²) >= 11 is 3.00. The largest absolute Gasteiger partial charge is 0.334 e. The van der Waals surface area contributed by atoms with E-state index in [0.717, 1.165) is 22.4 Å². The number of para-hydroxylation sites is 2. The van der Waals surface area contributed by atoms with E-state index in [-0.39, 0.29) is 5.56 Å². The molecule has 6 nitrogen and oxygen atoms in total. The Morgan fingerprint density at radius 2 is 1.84 bits per heavy atom. The van der Waals surface area contributed by atoms with Crippen LogP contribution in [0.25, 0.3) is 28.0 Å². The summed E-state index contributed by atoms with van der Waals surface area (Å²) in [7, 11) is 0. The van der Waals surface area contributed by atoms with Crippen molar-refractivity contribution in [2.45, 2.75) is 24.8 Å². The number of fused-ring (bicyclic) bond motifs is 1. The molecule has 0 aliphatic heterocycles. The monoisotopic (exact) mass is 446 g/mol. The summed E-state index contributed by atoms with van der Waals surface area (Å²) in [5.74, 6) is 1.49. The van der Waals surface area contributed by atoms with Crippen LogP contribution in [0.15, 0.2) is 73.8 Å². The van der Waals surface area contributed by atoms with E-state index in [0.29, 0.717) is 33.5 Å². The predicted octanol–water partition coefficient (Wildman–Crippen LogP) is 5.41. The van der Waals surface area contributed by atoms with Gasteiger partial charge >= 0.3 is 0 Å². The van der Waals surface area contributed by atoms with Gasteiger partial charge < -0.3 is 4.52 Å². The number of thioether (sulfide) groups is 1. The van der Waals surface area contributed by atoms with Gasteiger partial charge in [0.05, 0.1) is 27.9 Å². The minimum Gasteiger partial charge on any atom is -0.334 e. The number of thiophene rings is 1. The van der Waals surface area contributed by atoms with Gasteiger partial charge in [0.1, 0.15) is 0 Å². The van der Waals surface area contributed by atoms with Crippen LogP contribution >= 0.6 is 23.1 Å². The summed E-state index contributed by atoms with van der Waals surface area (Å²) in [6, 6.07) is 15.4. The standard InChI is InChI=1S/C23H18N4O2S2/c1-14-6-5-7-15(2)20(14)27-22(28)17-8-3-4-9-18(17)24-23(27)31-13-19-25-21(29-26-19)16-10-11-30-12-16/h3-12H,13H2,1-2H3. The third kappa shape index (κ3) is 3.68. The van der Waals surface area contributed by atoms with Crippen LogP contribution in [0.3, 0.4) is 0 Å². The second-order valence-electron chi connectivity index (χ2n) is 7.11. The molecule has 0 atom stereocenters. The van der Waals surface area contributed by atoms with Gasteiger partial charge in [0.25, 0.3) is 11.4 Å². The highest BCUT2D eigenvalue weighted by Crippen LogP contribution is 2.28. The van der Waals surface area contributed by atoms with Crippen LogP contribution in [0.5, 0.6) is 0 Å². The molecule has 0 bridgehead atoms. The topological polar surface area (TPSA) is 73.8 Å². The van der Waals surface area contributed by atoms with Crippen LogP contribution in [0.2, 0.25) is 0 Å². The predicted molar refractivity (Wildman–Crippen MR) is 124 cm³/mol. The Hall–Kier alpha value is -3.23. The molecular formula is C23H18N4O2S2. The molecule has 3 aromatic heterocycles. The van der Waals surface area contributed by atoms with E-state index in [1.807, 2.05) is 73.1 Å². The summed E-state index contributed by atoms with van der Waals surface area (Å²) in [6.07, 6.45) is 0. The van der Waals surface area contributed by atoms with E-state index >= 15 is 0 Å². The van der Waals surface area contributed by atoms with Gasteiger partial charge in [-0.3, -0.25) is 9.36 Å². The van der Waals surface area contributed by atoms with Crippen molar-refractivity contribution in [3.63, 3.8) is 0 Å². The van der Waals surface area contributed by atoms with Crippen LogP contribution in [-0.4, -0.2) is 19.7 Å². The normalized spacial score (nSPS) is 11.3. The third-order valence-electron chi connectivity index (χ3n) is 4.97. The first-order valence-corrected chi connectivity index (χ1v) is 11.6. The molecule has 0 aliphatic rings. The fraction of sp³-hybridized carbons (Fsp3) is 0.130. The molecule has 2 aromatic carbocycles. The Bertz CT molecular complexity index is 1420. The molecule has 154 valence electrons. The Labute approximate surface area is 186 Å². The number of hydrogen-bond donors (Lipinski definition) is 0. The van der Waals surface area contributed by atoms with Gasteiger partial charge in [0, 0.05) is 5.38 Å². The van der Waals surface area contributed by atoms with Crippen molar-refractivity contribution in [2.75, 3.05) is 0 Å². The summed E-state index contributed by atoms with van der Waals surface area (Å²) in [5, 5.41) is 9.22. The van der Waals surface area contributed by atoms with Gasteiger partial charge in [-0.25, -0.2) is 4.98 Å². The molecule has 0 amide bonds. The third-order valence-corrected chi connectivity index (χ3v) is 6.59. The van der Waals surface area contributed by atoms with E-state index in [1.165, 1.54) is 11.8 Å². The van der Waals surface area contributed by atoms with Gasteiger partial charge in [0.2, 0.25) is 0 Å². The second-order valence-corrected chi connectivity index (χ2v) is 8.83. The maximum Gasteiger partial charge on any atom is 0.266 e. The average molecular weight is 447 g/mol. The van der Waals surface area contributed by atoms with Crippen molar-refractivity contribution in [1.29, 1.82) is 0 Å². The van der Waals surface area contributed by atoms with E-state index < -0.39 is 0 Å². The van der Waals surface area contributed by atoms with Gasteiger partial charge in [0.15, 0.2) is 11.0 Å². The van der Waals surface area contributed by atoms with Crippen molar-refractivity contribution in [2.24, 2.45) is 0 Å². The molecule has 0 unspecified atom stereocenters. The van der Waals surface area contributed by atoms with E-state index in [1.54, 1.807) is 15.9 Å². The summed E-state index contributed by atoms with van der Waals surface area (Å²) < 4.78 is 7.09. The molecule has 0 spiro atoms. The average Bonchev–Trinajstić information content (AvgIpc) is 3.46. The molecule has 5 aromatic rings. The van der Waals surface area contributed by atoms with Gasteiger partial charge in [-0.15, -0.1) is 0 Å². The van der Waals surface area contributed by atoms with E-state index in [4.69, 9.17) is 9.51 Å². The zero-order chi connectivity index (χ0) is 21.4. The Kier molecular flexibility index (Phi) is 5.17. The number of aryl methyl sites for hydroxylation is 2. The molecule has 5 rings (SSSR count). The van der Waals surface area contributed by atoms with Gasteiger partial charge in [-0.05, 0) is 48.6 Å². The first-order chi connectivity index (χ1) is 15.1. The van der Waals surface area contributed by atoms with Crippen molar-refractivity contribution in [3.8, 4) is 17.1 Å². The SMILES string of the molecule is Cc1cccc(C)c1-n1c(SCc2noc(-c3ccsc3)n2)nc2ccccc2c1=O. The number of rotatable bonds is 5. The lowest BCUT2D eigenvalue weighted by Crippen LogP contribution is -2.23. The molecule has 3 heterocycles. The number of nitrogens with zero attached hydrogens (tertiary/aromatic N) is 4. The molecule has 0 fully saturated rings. The molecular weight excluding hydrogens is 428 g/mol. The minimum absolute atomic E-state index is 0.0856. The van der Waals surface area contributed by atoms with Crippen molar-refractivity contribution >= 4 is 34.0 Å². The number of aromatic nitrogens is 4. The zero-order valence-electron chi connectivity index (χ0n) is 16.9. The number of benzene rings is 2. The summed E-state index contributed by atoms with van der Waals surface area (Å²) in [5.41, 5.74) is 4.38. The molecule has 0 N–H and O–H groups in total. The maximum absolute atomic E-state index is 13.5. The Morgan fingerprint density at radius 1 is 1.03 bits per heavy atom. The van der Waals surface area contributed by atoms with Gasteiger partial charge in [-0.2, -0.15) is 16.3 Å². The molecule has 31 heavy (non-hydrogen) atoms. The van der Waals surface area contributed by atoms with Crippen LogP contribution in [0, 0.1) is 13.8 Å². The van der Waals surface area contributed by atoms with Gasteiger partial charge in [-0.1, -0.05) is 47.3 Å². The summed E-state index contributed by atoms with van der Waals surface area (Å²) in [6.45, 7) is 4.01. The lowest BCUT2D eigenvalue weighted by atomic mass is 10.1. The highest BCUT2D eigenvalue weighted by Gasteiger charge is 2.18. The van der Waals surface area contributed by atoms with Crippen molar-refractivity contribution in [1.82, 2.24) is 19.7 Å². The summed E-state index contributed by atoms with van der Waals surface area (Å²) in [4.78, 5) is 22.8. The fourth-order valence-electron chi connectivity index (χ4n) is 3.51. The highest BCUT2D eigenvalue weighted by molar-refractivity contribution is 7.98. The van der Waals surface area contributed by atoms with Crippen LogP contribution in [0.4, 0.5) is 0 Å². The lowest BCUT2D eigenvalue weighted by molar-refractivity contribution is 0.425. The van der Waals surface area contributed by atoms with Crippen molar-refractivity contribution in [3.05, 3.63) is 86.6 Å². The zero-order valence-corrected chi connectivity index (χ0v) is 18.5. The number of hydrogen-bond acceptors (Lipinski definition) is 7. The van der Waals surface area contributed by atoms with Crippen molar-refractivity contribution < 1.29 is 4.52 Å². The Balaban J connectivity index is 1.58. The van der Waals surface area contributed by atoms with Crippen LogP contribution in [0.1, 0.15) is 17.0 Å². The maximum atomic E-state index is 13.5. The smallest absolute Gasteiger partial charge is 0.266 e. The fourth-order valence-corrected chi connectivity index (χ4v) is 4.98. The molecule has 0 saturated heterocycles. The second kappa shape index (κ2) is 8.13. The molecule has 0 saturated carbocycles. The highest BCUT2D eigenvalue weighted by atomic mass is 32.2. The first kappa shape index (κ1) is 19.7. The van der Waals surface area contributed by atoms with E-state index in [2.05, 4.69) is 10.1 Å². The molecule has 0 radical (unpaired) electrons. The van der Waals surface area contributed by atoms with E-state index in [9.17, 15) is 4.79 Å². The molecule has 0 aliphatic carbocycles. The van der Waals surface area contributed by atoms with Crippen LogP contribution in [-0.2, 0) is 5.75 Å². The Morgan fingerprint density at radius 3 is 2.61 bits per heavy atom. The first-order valence-electron chi connectivity index (χ1n) is 9.68. The quantitative estimate of drug-likeness (QED) is 0.266. The molecule has 8 heteroatoms. The van der Waals surface area contributed by atoms with Crippen LogP contribution < -0.4 is 5.56 Å². The minimum atomic E-state index is -0.0856.